The first-order valence-corrected chi connectivity index (χ1v) is 9.56. The Labute approximate surface area is 171 Å². The second kappa shape index (κ2) is 8.84. The van der Waals surface area contributed by atoms with Gasteiger partial charge in [0.05, 0.1) is 18.7 Å². The highest BCUT2D eigenvalue weighted by Gasteiger charge is 2.15. The van der Waals surface area contributed by atoms with E-state index in [1.165, 1.54) is 0 Å². The van der Waals surface area contributed by atoms with E-state index in [2.05, 4.69) is 31.5 Å². The third-order valence-corrected chi connectivity index (χ3v) is 4.64. The van der Waals surface area contributed by atoms with E-state index in [0.29, 0.717) is 23.0 Å². The van der Waals surface area contributed by atoms with Gasteiger partial charge in [-0.2, -0.15) is 0 Å². The second-order valence-electron chi connectivity index (χ2n) is 6.35. The van der Waals surface area contributed by atoms with Crippen LogP contribution in [0, 0.1) is 13.8 Å². The Hall–Kier alpha value is -2.93. The van der Waals surface area contributed by atoms with E-state index in [9.17, 15) is 9.59 Å². The lowest BCUT2D eigenvalue weighted by molar-refractivity contribution is -0.123. The fourth-order valence-electron chi connectivity index (χ4n) is 2.65. The predicted molar refractivity (Wildman–Crippen MR) is 111 cm³/mol. The SMILES string of the molecule is Cc1cc(Br)ccc1NC(=O)CNC(=O)Cc1nc(-c2ccccc2)oc1C. The lowest BCUT2D eigenvalue weighted by Crippen LogP contribution is -2.34. The number of carbonyl (C=O) groups is 2. The molecule has 0 saturated carbocycles. The van der Waals surface area contributed by atoms with Crippen molar-refractivity contribution in [1.29, 1.82) is 0 Å². The van der Waals surface area contributed by atoms with Gasteiger partial charge in [-0.1, -0.05) is 34.1 Å². The molecule has 0 aliphatic heterocycles. The summed E-state index contributed by atoms with van der Waals surface area (Å²) in [5, 5.41) is 5.40. The topological polar surface area (TPSA) is 84.2 Å². The zero-order chi connectivity index (χ0) is 20.1. The number of oxazole rings is 1. The average molecular weight is 442 g/mol. The Morgan fingerprint density at radius 1 is 1.07 bits per heavy atom. The van der Waals surface area contributed by atoms with E-state index in [-0.39, 0.29) is 24.8 Å². The van der Waals surface area contributed by atoms with Gasteiger partial charge in [0.2, 0.25) is 17.7 Å². The molecule has 7 heteroatoms. The molecule has 2 aromatic carbocycles. The number of carbonyl (C=O) groups excluding carboxylic acids is 2. The van der Waals surface area contributed by atoms with Crippen molar-refractivity contribution in [3.8, 4) is 11.5 Å². The highest BCUT2D eigenvalue weighted by atomic mass is 79.9. The summed E-state index contributed by atoms with van der Waals surface area (Å²) in [5.41, 5.74) is 3.05. The van der Waals surface area contributed by atoms with Gasteiger partial charge in [0.25, 0.3) is 0 Å². The highest BCUT2D eigenvalue weighted by Crippen LogP contribution is 2.22. The smallest absolute Gasteiger partial charge is 0.243 e. The van der Waals surface area contributed by atoms with E-state index < -0.39 is 0 Å². The number of nitrogens with one attached hydrogen (secondary N) is 2. The minimum Gasteiger partial charge on any atom is -0.441 e. The summed E-state index contributed by atoms with van der Waals surface area (Å²) in [5.74, 6) is 0.479. The molecule has 0 unspecified atom stereocenters. The molecule has 2 amide bonds. The summed E-state index contributed by atoms with van der Waals surface area (Å²) in [4.78, 5) is 28.7. The number of nitrogens with zero attached hydrogens (tertiary/aromatic N) is 1. The molecule has 1 aromatic heterocycles. The van der Waals surface area contributed by atoms with Gasteiger partial charge in [-0.25, -0.2) is 4.98 Å². The zero-order valence-corrected chi connectivity index (χ0v) is 17.2. The van der Waals surface area contributed by atoms with E-state index in [0.717, 1.165) is 15.6 Å². The molecule has 0 aliphatic carbocycles. The summed E-state index contributed by atoms with van der Waals surface area (Å²) in [6, 6.07) is 15.1. The second-order valence-corrected chi connectivity index (χ2v) is 7.26. The van der Waals surface area contributed by atoms with Crippen molar-refractivity contribution < 1.29 is 14.0 Å². The number of amides is 2. The monoisotopic (exact) mass is 441 g/mol. The van der Waals surface area contributed by atoms with Crippen molar-refractivity contribution >= 4 is 33.4 Å². The van der Waals surface area contributed by atoms with Gasteiger partial charge in [-0.05, 0) is 49.7 Å². The number of anilines is 1. The number of rotatable bonds is 6. The molecule has 0 radical (unpaired) electrons. The molecule has 0 spiro atoms. The minimum atomic E-state index is -0.293. The van der Waals surface area contributed by atoms with Crippen molar-refractivity contribution in [2.45, 2.75) is 20.3 Å². The molecule has 0 atom stereocenters. The van der Waals surface area contributed by atoms with Gasteiger partial charge in [0.15, 0.2) is 0 Å². The van der Waals surface area contributed by atoms with Crippen LogP contribution < -0.4 is 10.6 Å². The Bertz CT molecular complexity index is 999. The highest BCUT2D eigenvalue weighted by molar-refractivity contribution is 9.10. The molecule has 0 fully saturated rings. The summed E-state index contributed by atoms with van der Waals surface area (Å²) >= 11 is 3.38. The molecule has 6 nitrogen and oxygen atoms in total. The van der Waals surface area contributed by atoms with Crippen LogP contribution in [-0.2, 0) is 16.0 Å². The van der Waals surface area contributed by atoms with Crippen molar-refractivity contribution in [2.75, 3.05) is 11.9 Å². The third-order valence-electron chi connectivity index (χ3n) is 4.15. The summed E-state index contributed by atoms with van der Waals surface area (Å²) in [6.45, 7) is 3.55. The number of hydrogen-bond acceptors (Lipinski definition) is 4. The maximum atomic E-state index is 12.2. The van der Waals surface area contributed by atoms with Crippen LogP contribution in [-0.4, -0.2) is 23.3 Å². The minimum absolute atomic E-state index is 0.0484. The molecule has 144 valence electrons. The molecule has 28 heavy (non-hydrogen) atoms. The maximum Gasteiger partial charge on any atom is 0.243 e. The summed E-state index contributed by atoms with van der Waals surface area (Å²) < 4.78 is 6.59. The normalized spacial score (nSPS) is 10.5. The van der Waals surface area contributed by atoms with Crippen LogP contribution >= 0.6 is 15.9 Å². The van der Waals surface area contributed by atoms with Crippen LogP contribution in [0.3, 0.4) is 0 Å². The first-order chi connectivity index (χ1) is 13.4. The first-order valence-electron chi connectivity index (χ1n) is 8.77. The predicted octanol–water partition coefficient (Wildman–Crippen LogP) is 4.02. The zero-order valence-electron chi connectivity index (χ0n) is 15.6. The van der Waals surface area contributed by atoms with Crippen molar-refractivity contribution in [2.24, 2.45) is 0 Å². The first kappa shape index (κ1) is 19.8. The van der Waals surface area contributed by atoms with Crippen molar-refractivity contribution in [3.63, 3.8) is 0 Å². The molecule has 3 rings (SSSR count). The van der Waals surface area contributed by atoms with Crippen LogP contribution in [0.2, 0.25) is 0 Å². The number of aromatic nitrogens is 1. The fourth-order valence-corrected chi connectivity index (χ4v) is 3.13. The molecule has 1 heterocycles. The van der Waals surface area contributed by atoms with Crippen LogP contribution in [0.1, 0.15) is 17.0 Å². The van der Waals surface area contributed by atoms with Crippen molar-refractivity contribution in [3.05, 3.63) is 70.0 Å². The number of aryl methyl sites for hydroxylation is 2. The molecule has 0 saturated heterocycles. The van der Waals surface area contributed by atoms with Gasteiger partial charge >= 0.3 is 0 Å². The van der Waals surface area contributed by atoms with Gasteiger partial charge in [0.1, 0.15) is 5.76 Å². The van der Waals surface area contributed by atoms with Gasteiger partial charge < -0.3 is 15.1 Å². The van der Waals surface area contributed by atoms with E-state index in [1.807, 2.05) is 55.5 Å². The van der Waals surface area contributed by atoms with Crippen LogP contribution in [0.15, 0.2) is 57.4 Å². The van der Waals surface area contributed by atoms with Gasteiger partial charge in [-0.3, -0.25) is 9.59 Å². The number of hydrogen-bond donors (Lipinski definition) is 2. The molecule has 2 N–H and O–H groups in total. The maximum absolute atomic E-state index is 12.2. The summed E-state index contributed by atoms with van der Waals surface area (Å²) in [6.07, 6.45) is 0.0484. The van der Waals surface area contributed by atoms with Gasteiger partial charge in [0, 0.05) is 15.7 Å². The average Bonchev–Trinajstić information content (AvgIpc) is 3.03. The van der Waals surface area contributed by atoms with Crippen LogP contribution in [0.5, 0.6) is 0 Å². The van der Waals surface area contributed by atoms with Crippen LogP contribution in [0.25, 0.3) is 11.5 Å². The Balaban J connectivity index is 1.54. The standard InChI is InChI=1S/C21H20BrN3O3/c1-13-10-16(22)8-9-17(13)24-20(27)12-23-19(26)11-18-14(2)28-21(25-18)15-6-4-3-5-7-15/h3-10H,11-12H2,1-2H3,(H,23,26)(H,24,27). The summed E-state index contributed by atoms with van der Waals surface area (Å²) in [7, 11) is 0. The number of benzene rings is 2. The Kier molecular flexibility index (Phi) is 6.26. The molecule has 3 aromatic rings. The molecular formula is C21H20BrN3O3. The lowest BCUT2D eigenvalue weighted by atomic mass is 10.2. The van der Waals surface area contributed by atoms with Crippen LogP contribution in [0.4, 0.5) is 5.69 Å². The quantitative estimate of drug-likeness (QED) is 0.604. The van der Waals surface area contributed by atoms with E-state index >= 15 is 0 Å². The van der Waals surface area contributed by atoms with Crippen molar-refractivity contribution in [1.82, 2.24) is 10.3 Å². The Morgan fingerprint density at radius 3 is 2.54 bits per heavy atom. The number of halogens is 1. The molecular weight excluding hydrogens is 422 g/mol. The molecule has 0 aliphatic rings. The fraction of sp³-hybridized carbons (Fsp3) is 0.190. The third kappa shape index (κ3) is 5.07. The Morgan fingerprint density at radius 2 is 1.82 bits per heavy atom. The van der Waals surface area contributed by atoms with E-state index in [4.69, 9.17) is 4.42 Å². The lowest BCUT2D eigenvalue weighted by Gasteiger charge is -2.09. The molecule has 0 bridgehead atoms. The van der Waals surface area contributed by atoms with Gasteiger partial charge in [-0.15, -0.1) is 0 Å². The van der Waals surface area contributed by atoms with E-state index in [1.54, 1.807) is 6.92 Å². The largest absolute Gasteiger partial charge is 0.441 e.